The van der Waals surface area contributed by atoms with Gasteiger partial charge < -0.3 is 5.32 Å². The van der Waals surface area contributed by atoms with E-state index in [1.54, 1.807) is 0 Å². The summed E-state index contributed by atoms with van der Waals surface area (Å²) in [4.78, 5) is 14.7. The van der Waals surface area contributed by atoms with Crippen molar-refractivity contribution < 1.29 is 9.18 Å². The van der Waals surface area contributed by atoms with Crippen LogP contribution in [-0.2, 0) is 0 Å². The van der Waals surface area contributed by atoms with Gasteiger partial charge in [-0.05, 0) is 56.2 Å². The fourth-order valence-corrected chi connectivity index (χ4v) is 4.88. The lowest BCUT2D eigenvalue weighted by molar-refractivity contribution is 0.0924. The Bertz CT molecular complexity index is 537. The van der Waals surface area contributed by atoms with Gasteiger partial charge in [-0.2, -0.15) is 11.8 Å². The highest BCUT2D eigenvalue weighted by molar-refractivity contribution is 7.99. The molecule has 1 atom stereocenters. The van der Waals surface area contributed by atoms with Crippen molar-refractivity contribution in [2.24, 2.45) is 5.92 Å². The molecule has 0 bridgehead atoms. The molecule has 3 nitrogen and oxygen atoms in total. The highest BCUT2D eigenvalue weighted by atomic mass is 35.5. The summed E-state index contributed by atoms with van der Waals surface area (Å²) in [5.74, 6) is 2.03. The van der Waals surface area contributed by atoms with Crippen molar-refractivity contribution >= 4 is 29.3 Å². The molecule has 3 rings (SSSR count). The van der Waals surface area contributed by atoms with Crippen LogP contribution in [0.2, 0.25) is 5.02 Å². The highest BCUT2D eigenvalue weighted by Crippen LogP contribution is 2.27. The van der Waals surface area contributed by atoms with Gasteiger partial charge in [0.1, 0.15) is 5.82 Å². The van der Waals surface area contributed by atoms with E-state index < -0.39 is 11.7 Å². The normalized spacial score (nSPS) is 23.1. The first-order valence-electron chi connectivity index (χ1n) is 8.19. The summed E-state index contributed by atoms with van der Waals surface area (Å²) in [5.41, 5.74) is -0.0467. The number of rotatable bonds is 4. The van der Waals surface area contributed by atoms with Crippen molar-refractivity contribution in [3.8, 4) is 0 Å². The molecule has 0 radical (unpaired) electrons. The van der Waals surface area contributed by atoms with E-state index >= 15 is 0 Å². The molecule has 126 valence electrons. The standard InChI is InChI=1S/C17H22ClFN2OS/c18-14-2-1-3-15(19)16(14)17(22)20-10-12-4-7-21(8-5-12)13-6-9-23-11-13/h1-3,12-13H,4-11H2,(H,20,22). The molecule has 2 saturated heterocycles. The van der Waals surface area contributed by atoms with E-state index in [-0.39, 0.29) is 10.6 Å². The van der Waals surface area contributed by atoms with Crippen LogP contribution in [0, 0.1) is 11.7 Å². The zero-order chi connectivity index (χ0) is 16.2. The largest absolute Gasteiger partial charge is 0.352 e. The monoisotopic (exact) mass is 356 g/mol. The van der Waals surface area contributed by atoms with Crippen molar-refractivity contribution in [1.29, 1.82) is 0 Å². The van der Waals surface area contributed by atoms with Crippen LogP contribution in [0.25, 0.3) is 0 Å². The second-order valence-corrected chi connectivity index (χ2v) is 7.86. The molecule has 0 aromatic heterocycles. The van der Waals surface area contributed by atoms with Crippen molar-refractivity contribution in [2.75, 3.05) is 31.1 Å². The van der Waals surface area contributed by atoms with Crippen molar-refractivity contribution in [1.82, 2.24) is 10.2 Å². The van der Waals surface area contributed by atoms with Crippen molar-refractivity contribution in [2.45, 2.75) is 25.3 Å². The third-order valence-corrected chi connectivity index (χ3v) is 6.27. The molecular formula is C17H22ClFN2OS. The third kappa shape index (κ3) is 4.20. The minimum atomic E-state index is -0.566. The number of likely N-dealkylation sites (tertiary alicyclic amines) is 1. The van der Waals surface area contributed by atoms with Crippen LogP contribution >= 0.6 is 23.4 Å². The Hall–Kier alpha value is -0.780. The predicted octanol–water partition coefficient (Wildman–Crippen LogP) is 3.43. The molecule has 2 fully saturated rings. The number of nitrogens with one attached hydrogen (secondary N) is 1. The quantitative estimate of drug-likeness (QED) is 0.897. The maximum Gasteiger partial charge on any atom is 0.255 e. The summed E-state index contributed by atoms with van der Waals surface area (Å²) in [6.45, 7) is 2.80. The Morgan fingerprint density at radius 3 is 2.78 bits per heavy atom. The molecule has 1 unspecified atom stereocenters. The molecule has 1 aromatic carbocycles. The summed E-state index contributed by atoms with van der Waals surface area (Å²) in [6, 6.07) is 5.05. The van der Waals surface area contributed by atoms with Crippen LogP contribution in [0.15, 0.2) is 18.2 Å². The minimum absolute atomic E-state index is 0.0467. The Morgan fingerprint density at radius 1 is 1.35 bits per heavy atom. The highest BCUT2D eigenvalue weighted by Gasteiger charge is 2.27. The molecule has 1 N–H and O–H groups in total. The van der Waals surface area contributed by atoms with Gasteiger partial charge in [-0.25, -0.2) is 4.39 Å². The minimum Gasteiger partial charge on any atom is -0.352 e. The van der Waals surface area contributed by atoms with E-state index in [2.05, 4.69) is 10.2 Å². The van der Waals surface area contributed by atoms with Crippen molar-refractivity contribution in [3.63, 3.8) is 0 Å². The number of amides is 1. The first kappa shape index (κ1) is 17.1. The topological polar surface area (TPSA) is 32.3 Å². The number of hydrogen-bond acceptors (Lipinski definition) is 3. The van der Waals surface area contributed by atoms with E-state index in [9.17, 15) is 9.18 Å². The molecule has 2 aliphatic heterocycles. The first-order valence-corrected chi connectivity index (χ1v) is 9.72. The molecule has 0 aliphatic carbocycles. The van der Waals surface area contributed by atoms with Crippen LogP contribution in [-0.4, -0.2) is 48.0 Å². The molecule has 1 aromatic rings. The predicted molar refractivity (Wildman–Crippen MR) is 93.8 cm³/mol. The van der Waals surface area contributed by atoms with Gasteiger partial charge in [-0.3, -0.25) is 9.69 Å². The SMILES string of the molecule is O=C(NCC1CCN(C2CCSC2)CC1)c1c(F)cccc1Cl. The van der Waals surface area contributed by atoms with Crippen LogP contribution in [0.1, 0.15) is 29.6 Å². The Kier molecular flexibility index (Phi) is 5.83. The summed E-state index contributed by atoms with van der Waals surface area (Å²) in [7, 11) is 0. The molecule has 1 amide bonds. The molecule has 2 aliphatic rings. The molecule has 6 heteroatoms. The van der Waals surface area contributed by atoms with E-state index in [1.807, 2.05) is 11.8 Å². The number of nitrogens with zero attached hydrogens (tertiary/aromatic N) is 1. The zero-order valence-corrected chi connectivity index (χ0v) is 14.6. The fraction of sp³-hybridized carbons (Fsp3) is 0.588. The summed E-state index contributed by atoms with van der Waals surface area (Å²) < 4.78 is 13.7. The van der Waals surface area contributed by atoms with Gasteiger partial charge in [0.05, 0.1) is 10.6 Å². The molecule has 23 heavy (non-hydrogen) atoms. The zero-order valence-electron chi connectivity index (χ0n) is 13.1. The Morgan fingerprint density at radius 2 is 2.13 bits per heavy atom. The number of benzene rings is 1. The van der Waals surface area contributed by atoms with Gasteiger partial charge in [0.15, 0.2) is 0 Å². The number of halogens is 2. The van der Waals surface area contributed by atoms with Gasteiger partial charge in [0, 0.05) is 18.3 Å². The maximum atomic E-state index is 13.7. The van der Waals surface area contributed by atoms with Crippen LogP contribution in [0.3, 0.4) is 0 Å². The molecule has 0 saturated carbocycles. The van der Waals surface area contributed by atoms with E-state index in [0.29, 0.717) is 12.5 Å². The van der Waals surface area contributed by atoms with Gasteiger partial charge >= 0.3 is 0 Å². The van der Waals surface area contributed by atoms with Gasteiger partial charge in [0.25, 0.3) is 5.91 Å². The smallest absolute Gasteiger partial charge is 0.255 e. The number of carbonyl (C=O) groups is 1. The van der Waals surface area contributed by atoms with Crippen LogP contribution in [0.4, 0.5) is 4.39 Å². The average Bonchev–Trinajstić information content (AvgIpc) is 3.08. The number of carbonyl (C=O) groups excluding carboxylic acids is 1. The maximum absolute atomic E-state index is 13.7. The number of hydrogen-bond donors (Lipinski definition) is 1. The second-order valence-electron chi connectivity index (χ2n) is 6.30. The molecule has 2 heterocycles. The van der Waals surface area contributed by atoms with Gasteiger partial charge in [-0.15, -0.1) is 0 Å². The lowest BCUT2D eigenvalue weighted by Gasteiger charge is -2.35. The lowest BCUT2D eigenvalue weighted by Crippen LogP contribution is -2.43. The second kappa shape index (κ2) is 7.86. The van der Waals surface area contributed by atoms with Crippen molar-refractivity contribution in [3.05, 3.63) is 34.6 Å². The van der Waals surface area contributed by atoms with E-state index in [0.717, 1.165) is 32.0 Å². The van der Waals surface area contributed by atoms with E-state index in [1.165, 1.54) is 36.1 Å². The van der Waals surface area contributed by atoms with Gasteiger partial charge in [0.2, 0.25) is 0 Å². The summed E-state index contributed by atoms with van der Waals surface area (Å²) in [5, 5.41) is 3.01. The van der Waals surface area contributed by atoms with Gasteiger partial charge in [-0.1, -0.05) is 17.7 Å². The fourth-order valence-electron chi connectivity index (χ4n) is 3.37. The summed E-state index contributed by atoms with van der Waals surface area (Å²) >= 11 is 7.97. The number of piperidine rings is 1. The van der Waals surface area contributed by atoms with Crippen LogP contribution in [0.5, 0.6) is 0 Å². The Balaban J connectivity index is 1.47. The first-order chi connectivity index (χ1) is 11.1. The van der Waals surface area contributed by atoms with Crippen LogP contribution < -0.4 is 5.32 Å². The number of thioether (sulfide) groups is 1. The Labute approximate surface area is 145 Å². The summed E-state index contributed by atoms with van der Waals surface area (Å²) in [6.07, 6.45) is 3.48. The average molecular weight is 357 g/mol. The molecule has 0 spiro atoms. The molecular weight excluding hydrogens is 335 g/mol. The van der Waals surface area contributed by atoms with E-state index in [4.69, 9.17) is 11.6 Å². The lowest BCUT2D eigenvalue weighted by atomic mass is 9.95. The third-order valence-electron chi connectivity index (χ3n) is 4.81.